The van der Waals surface area contributed by atoms with Gasteiger partial charge in [-0.05, 0) is 36.7 Å². The van der Waals surface area contributed by atoms with Crippen LogP contribution in [0.5, 0.6) is 0 Å². The lowest BCUT2D eigenvalue weighted by atomic mass is 10.3. The Morgan fingerprint density at radius 2 is 2.19 bits per heavy atom. The highest BCUT2D eigenvalue weighted by Crippen LogP contribution is 2.22. The number of hydrogen-bond donors (Lipinski definition) is 0. The van der Waals surface area contributed by atoms with Crippen molar-refractivity contribution < 1.29 is 9.47 Å². The average molecular weight is 291 g/mol. The van der Waals surface area contributed by atoms with Gasteiger partial charge < -0.3 is 9.47 Å². The Balaban J connectivity index is 2.65. The van der Waals surface area contributed by atoms with Crippen LogP contribution in [0.2, 0.25) is 0 Å². The molecule has 1 unspecified atom stereocenters. The van der Waals surface area contributed by atoms with Gasteiger partial charge in [-0.15, -0.1) is 0 Å². The molecule has 0 N–H and O–H groups in total. The number of aromatic nitrogens is 2. The molecule has 0 fully saturated rings. The van der Waals surface area contributed by atoms with E-state index in [4.69, 9.17) is 9.47 Å². The molecule has 1 atom stereocenters. The van der Waals surface area contributed by atoms with Crippen LogP contribution in [0.25, 0.3) is 0 Å². The largest absolute Gasteiger partial charge is 0.382 e. The van der Waals surface area contributed by atoms with Crippen molar-refractivity contribution in [3.8, 4) is 0 Å². The predicted octanol–water partition coefficient (Wildman–Crippen LogP) is 2.53. The van der Waals surface area contributed by atoms with Crippen molar-refractivity contribution in [1.29, 1.82) is 0 Å². The van der Waals surface area contributed by atoms with Gasteiger partial charge in [0.25, 0.3) is 0 Å². The first-order valence-electron chi connectivity index (χ1n) is 5.42. The minimum atomic E-state index is 0.0948. The Morgan fingerprint density at radius 1 is 1.50 bits per heavy atom. The van der Waals surface area contributed by atoms with Crippen LogP contribution in [0.3, 0.4) is 0 Å². The highest BCUT2D eigenvalue weighted by molar-refractivity contribution is 9.10. The molecule has 1 rings (SSSR count). The van der Waals surface area contributed by atoms with Crippen molar-refractivity contribution in [2.75, 3.05) is 13.7 Å². The Bertz CT molecular complexity index is 339. The van der Waals surface area contributed by atoms with Crippen LogP contribution in [0.1, 0.15) is 25.2 Å². The Labute approximate surface area is 105 Å². The molecule has 1 heterocycles. The molecular formula is C11H19BrN2O2. The summed E-state index contributed by atoms with van der Waals surface area (Å²) in [7, 11) is 1.68. The van der Waals surface area contributed by atoms with Crippen LogP contribution in [-0.2, 0) is 22.6 Å². The number of hydrogen-bond acceptors (Lipinski definition) is 3. The molecule has 0 bridgehead atoms. The fourth-order valence-electron chi connectivity index (χ4n) is 1.51. The molecule has 5 heteroatoms. The first-order valence-corrected chi connectivity index (χ1v) is 6.21. The van der Waals surface area contributed by atoms with Gasteiger partial charge in [0.1, 0.15) is 0 Å². The number of rotatable bonds is 6. The molecule has 0 aliphatic carbocycles. The summed E-state index contributed by atoms with van der Waals surface area (Å²) >= 11 is 3.54. The Hall–Kier alpha value is -0.390. The second-order valence-electron chi connectivity index (χ2n) is 3.74. The van der Waals surface area contributed by atoms with Crippen molar-refractivity contribution in [3.63, 3.8) is 0 Å². The zero-order valence-corrected chi connectivity index (χ0v) is 11.9. The van der Waals surface area contributed by atoms with Gasteiger partial charge in [0.15, 0.2) is 0 Å². The maximum Gasteiger partial charge on any atom is 0.0901 e. The lowest BCUT2D eigenvalue weighted by Crippen LogP contribution is -2.16. The van der Waals surface area contributed by atoms with E-state index < -0.39 is 0 Å². The summed E-state index contributed by atoms with van der Waals surface area (Å²) in [6.07, 6.45) is 0.0948. The highest BCUT2D eigenvalue weighted by Gasteiger charge is 2.13. The van der Waals surface area contributed by atoms with E-state index in [9.17, 15) is 0 Å². The zero-order valence-electron chi connectivity index (χ0n) is 10.3. The van der Waals surface area contributed by atoms with E-state index in [1.54, 1.807) is 7.11 Å². The molecule has 0 aliphatic heterocycles. The van der Waals surface area contributed by atoms with Crippen molar-refractivity contribution >= 4 is 15.9 Å². The smallest absolute Gasteiger partial charge is 0.0901 e. The van der Waals surface area contributed by atoms with Gasteiger partial charge in [-0.1, -0.05) is 0 Å². The molecule has 0 spiro atoms. The van der Waals surface area contributed by atoms with Gasteiger partial charge in [-0.25, -0.2) is 0 Å². The standard InChI is InChI=1S/C11H19BrN2O2/c1-5-14-10(11(12)9(3)13-14)7-16-8(2)6-15-4/h8H,5-7H2,1-4H3. The maximum absolute atomic E-state index is 5.69. The summed E-state index contributed by atoms with van der Waals surface area (Å²) in [4.78, 5) is 0. The van der Waals surface area contributed by atoms with Crippen molar-refractivity contribution in [2.24, 2.45) is 0 Å². The highest BCUT2D eigenvalue weighted by atomic mass is 79.9. The Morgan fingerprint density at radius 3 is 2.75 bits per heavy atom. The van der Waals surface area contributed by atoms with E-state index in [1.807, 2.05) is 18.5 Å². The summed E-state index contributed by atoms with van der Waals surface area (Å²) in [6.45, 7) is 8.07. The maximum atomic E-state index is 5.69. The van der Waals surface area contributed by atoms with E-state index in [-0.39, 0.29) is 6.10 Å². The third-order valence-corrected chi connectivity index (χ3v) is 3.39. The second kappa shape index (κ2) is 6.37. The van der Waals surface area contributed by atoms with Crippen LogP contribution in [0, 0.1) is 6.92 Å². The lowest BCUT2D eigenvalue weighted by molar-refractivity contribution is -0.00286. The third-order valence-electron chi connectivity index (χ3n) is 2.36. The minimum absolute atomic E-state index is 0.0948. The third kappa shape index (κ3) is 3.30. The van der Waals surface area contributed by atoms with E-state index >= 15 is 0 Å². The minimum Gasteiger partial charge on any atom is -0.382 e. The molecule has 0 saturated carbocycles. The molecular weight excluding hydrogens is 272 g/mol. The molecule has 4 nitrogen and oxygen atoms in total. The number of methoxy groups -OCH3 is 1. The molecule has 1 aromatic rings. The van der Waals surface area contributed by atoms with Gasteiger partial charge in [-0.2, -0.15) is 5.10 Å². The van der Waals surface area contributed by atoms with Crippen LogP contribution >= 0.6 is 15.9 Å². The molecule has 0 aliphatic rings. The van der Waals surface area contributed by atoms with Gasteiger partial charge in [-0.3, -0.25) is 4.68 Å². The predicted molar refractivity (Wildman–Crippen MR) is 66.5 cm³/mol. The second-order valence-corrected chi connectivity index (χ2v) is 4.53. The number of ether oxygens (including phenoxy) is 2. The molecule has 0 aromatic carbocycles. The monoisotopic (exact) mass is 290 g/mol. The number of halogens is 1. The van der Waals surface area contributed by atoms with E-state index in [1.165, 1.54) is 0 Å². The van der Waals surface area contributed by atoms with Crippen LogP contribution in [0.4, 0.5) is 0 Å². The Kier molecular flexibility index (Phi) is 5.44. The fraction of sp³-hybridized carbons (Fsp3) is 0.727. The SMILES string of the molecule is CCn1nc(C)c(Br)c1COC(C)COC. The summed E-state index contributed by atoms with van der Waals surface area (Å²) in [6, 6.07) is 0. The van der Waals surface area contributed by atoms with Crippen LogP contribution in [-0.4, -0.2) is 29.6 Å². The normalized spacial score (nSPS) is 13.1. The number of aryl methyl sites for hydroxylation is 2. The molecule has 1 aromatic heterocycles. The van der Waals surface area contributed by atoms with Gasteiger partial charge in [0.05, 0.1) is 35.2 Å². The van der Waals surface area contributed by atoms with E-state index in [2.05, 4.69) is 28.0 Å². The van der Waals surface area contributed by atoms with Gasteiger partial charge >= 0.3 is 0 Å². The van der Waals surface area contributed by atoms with Crippen molar-refractivity contribution in [1.82, 2.24) is 9.78 Å². The first-order chi connectivity index (χ1) is 7.60. The summed E-state index contributed by atoms with van der Waals surface area (Å²) < 4.78 is 13.7. The fourth-order valence-corrected chi connectivity index (χ4v) is 1.91. The molecule has 0 amide bonds. The average Bonchev–Trinajstić information content (AvgIpc) is 2.53. The molecule has 92 valence electrons. The summed E-state index contributed by atoms with van der Waals surface area (Å²) in [5.74, 6) is 0. The van der Waals surface area contributed by atoms with E-state index in [0.29, 0.717) is 13.2 Å². The number of nitrogens with zero attached hydrogens (tertiary/aromatic N) is 2. The lowest BCUT2D eigenvalue weighted by Gasteiger charge is -2.12. The summed E-state index contributed by atoms with van der Waals surface area (Å²) in [5, 5.41) is 4.41. The molecule has 0 saturated heterocycles. The van der Waals surface area contributed by atoms with Gasteiger partial charge in [0.2, 0.25) is 0 Å². The van der Waals surface area contributed by atoms with Crippen molar-refractivity contribution in [2.45, 2.75) is 40.0 Å². The van der Waals surface area contributed by atoms with Crippen LogP contribution in [0.15, 0.2) is 4.47 Å². The van der Waals surface area contributed by atoms with E-state index in [0.717, 1.165) is 22.4 Å². The topological polar surface area (TPSA) is 36.3 Å². The van der Waals surface area contributed by atoms with Crippen LogP contribution < -0.4 is 0 Å². The van der Waals surface area contributed by atoms with Gasteiger partial charge in [0, 0.05) is 13.7 Å². The molecule has 0 radical (unpaired) electrons. The molecule has 16 heavy (non-hydrogen) atoms. The quantitative estimate of drug-likeness (QED) is 0.808. The first kappa shape index (κ1) is 13.7. The summed E-state index contributed by atoms with van der Waals surface area (Å²) in [5.41, 5.74) is 2.09. The van der Waals surface area contributed by atoms with Crippen molar-refractivity contribution in [3.05, 3.63) is 15.9 Å². The zero-order chi connectivity index (χ0) is 12.1.